The van der Waals surface area contributed by atoms with Crippen molar-refractivity contribution in [2.24, 2.45) is 0 Å². The molecule has 3 aromatic rings. The molecule has 4 rings (SSSR count). The molecule has 1 aliphatic heterocycles. The van der Waals surface area contributed by atoms with Gasteiger partial charge in [-0.05, 0) is 58.7 Å². The highest BCUT2D eigenvalue weighted by Gasteiger charge is 2.33. The zero-order chi connectivity index (χ0) is 22.8. The average Bonchev–Trinajstić information content (AvgIpc) is 2.68. The van der Waals surface area contributed by atoms with Crippen LogP contribution in [0, 0.1) is 23.3 Å². The fourth-order valence-electron chi connectivity index (χ4n) is 3.98. The van der Waals surface area contributed by atoms with Crippen molar-refractivity contribution in [3.8, 4) is 0 Å². The van der Waals surface area contributed by atoms with Crippen LogP contribution >= 0.6 is 0 Å². The summed E-state index contributed by atoms with van der Waals surface area (Å²) < 4.78 is 76.6. The fraction of sp³-hybridized carbons (Fsp3) is 0.167. The van der Waals surface area contributed by atoms with Crippen LogP contribution in [0.1, 0.15) is 22.7 Å². The lowest BCUT2D eigenvalue weighted by atomic mass is 9.92. The molecule has 1 saturated heterocycles. The molecule has 1 heterocycles. The minimum absolute atomic E-state index is 0.0778. The molecule has 0 amide bonds. The molecule has 0 saturated carbocycles. The predicted molar refractivity (Wildman–Crippen MR) is 114 cm³/mol. The molecular weight excluding hydrogens is 442 g/mol. The van der Waals surface area contributed by atoms with Crippen molar-refractivity contribution in [3.05, 3.63) is 117 Å². The smallest absolute Gasteiger partial charge is 0.182 e. The molecule has 1 fully saturated rings. The topological polar surface area (TPSA) is 40.5 Å². The van der Waals surface area contributed by atoms with E-state index in [0.29, 0.717) is 16.7 Å². The van der Waals surface area contributed by atoms with Crippen LogP contribution in [0.15, 0.2) is 77.2 Å². The van der Waals surface area contributed by atoms with Gasteiger partial charge < -0.3 is 4.55 Å². The third-order valence-corrected chi connectivity index (χ3v) is 6.23. The Labute approximate surface area is 185 Å². The number of hydrogen-bond donors (Lipinski definition) is 1. The van der Waals surface area contributed by atoms with E-state index in [0.717, 1.165) is 18.2 Å². The quantitative estimate of drug-likeness (QED) is 0.397. The Bertz CT molecular complexity index is 1140. The van der Waals surface area contributed by atoms with Gasteiger partial charge >= 0.3 is 0 Å². The molecular formula is C24H19F4NO2S. The maximum Gasteiger partial charge on any atom is 0.182 e. The number of halogens is 4. The molecule has 1 atom stereocenters. The van der Waals surface area contributed by atoms with E-state index < -0.39 is 40.4 Å². The van der Waals surface area contributed by atoms with Crippen molar-refractivity contribution in [1.29, 1.82) is 0 Å². The highest BCUT2D eigenvalue weighted by molar-refractivity contribution is 7.83. The fourth-order valence-corrected chi connectivity index (χ4v) is 4.65. The Morgan fingerprint density at radius 3 is 1.84 bits per heavy atom. The van der Waals surface area contributed by atoms with E-state index in [9.17, 15) is 26.3 Å². The van der Waals surface area contributed by atoms with Crippen LogP contribution in [0.2, 0.25) is 0 Å². The van der Waals surface area contributed by atoms with E-state index in [1.807, 2.05) is 4.90 Å². The van der Waals surface area contributed by atoms with Crippen LogP contribution in [0.4, 0.5) is 17.6 Å². The van der Waals surface area contributed by atoms with Gasteiger partial charge in [-0.15, -0.1) is 0 Å². The first kappa shape index (κ1) is 22.4. The number of rotatable bonds is 6. The minimum Gasteiger partial charge on any atom is -0.302 e. The molecule has 1 N–H and O–H groups in total. The van der Waals surface area contributed by atoms with Gasteiger partial charge in [-0.2, -0.15) is 0 Å². The standard InChI is InChI=1S/C24H19F4NO2S/c25-19-5-1-3-16(10-19)24(17-4-2-6-20(26)11-17)29-13-18(14-29)23(32(30)31)9-15-7-21(27)12-22(28)8-15/h1-8,10-12,24H,9,13-14H2,(H,30,31). The Balaban J connectivity index is 1.64. The van der Waals surface area contributed by atoms with Crippen LogP contribution in [0.25, 0.3) is 0 Å². The third-order valence-electron chi connectivity index (χ3n) is 5.37. The summed E-state index contributed by atoms with van der Waals surface area (Å²) in [6.07, 6.45) is -0.0778. The lowest BCUT2D eigenvalue weighted by Crippen LogP contribution is -2.44. The summed E-state index contributed by atoms with van der Waals surface area (Å²) in [5.41, 5.74) is 2.13. The first-order chi connectivity index (χ1) is 15.3. The van der Waals surface area contributed by atoms with E-state index in [2.05, 4.69) is 0 Å². The van der Waals surface area contributed by atoms with Crippen molar-refractivity contribution in [2.75, 3.05) is 13.1 Å². The molecule has 0 aliphatic carbocycles. The van der Waals surface area contributed by atoms with Gasteiger partial charge in [0.05, 0.1) is 10.9 Å². The molecule has 1 aliphatic rings. The molecule has 3 aromatic carbocycles. The number of benzene rings is 3. The van der Waals surface area contributed by atoms with E-state index in [1.165, 1.54) is 24.3 Å². The minimum atomic E-state index is -2.33. The zero-order valence-electron chi connectivity index (χ0n) is 16.8. The second-order valence-electron chi connectivity index (χ2n) is 7.65. The second kappa shape index (κ2) is 9.36. The Kier molecular flexibility index (Phi) is 6.55. The molecule has 8 heteroatoms. The van der Waals surface area contributed by atoms with Crippen molar-refractivity contribution < 1.29 is 26.3 Å². The SMILES string of the molecule is O=S(O)C(Cc1cc(F)cc(F)c1)=C1CN(C(c2cccc(F)c2)c2cccc(F)c2)C1. The summed E-state index contributed by atoms with van der Waals surface area (Å²) in [5, 5.41) is 0. The van der Waals surface area contributed by atoms with E-state index in [4.69, 9.17) is 0 Å². The van der Waals surface area contributed by atoms with Crippen molar-refractivity contribution in [3.63, 3.8) is 0 Å². The summed E-state index contributed by atoms with van der Waals surface area (Å²) in [6, 6.07) is 14.5. The highest BCUT2D eigenvalue weighted by Crippen LogP contribution is 2.36. The van der Waals surface area contributed by atoms with Crippen molar-refractivity contribution in [2.45, 2.75) is 12.5 Å². The normalized spacial score (nSPS) is 15.0. The largest absolute Gasteiger partial charge is 0.302 e. The van der Waals surface area contributed by atoms with Crippen molar-refractivity contribution in [1.82, 2.24) is 4.90 Å². The Morgan fingerprint density at radius 2 is 1.38 bits per heavy atom. The second-order valence-corrected chi connectivity index (χ2v) is 8.64. The third kappa shape index (κ3) is 4.98. The lowest BCUT2D eigenvalue weighted by Gasteiger charge is -2.42. The van der Waals surface area contributed by atoms with Gasteiger partial charge in [-0.3, -0.25) is 4.90 Å². The van der Waals surface area contributed by atoms with Crippen LogP contribution in [0.5, 0.6) is 0 Å². The summed E-state index contributed by atoms with van der Waals surface area (Å²) >= 11 is -2.33. The zero-order valence-corrected chi connectivity index (χ0v) is 17.6. The molecule has 32 heavy (non-hydrogen) atoms. The maximum absolute atomic E-state index is 13.9. The first-order valence-electron chi connectivity index (χ1n) is 9.82. The summed E-state index contributed by atoms with van der Waals surface area (Å²) in [6.45, 7) is 0.550. The van der Waals surface area contributed by atoms with Crippen molar-refractivity contribution >= 4 is 11.1 Å². The molecule has 0 bridgehead atoms. The van der Waals surface area contributed by atoms with Gasteiger partial charge in [0.2, 0.25) is 0 Å². The van der Waals surface area contributed by atoms with E-state index >= 15 is 0 Å². The van der Waals surface area contributed by atoms with Gasteiger partial charge in [0.25, 0.3) is 0 Å². The van der Waals surface area contributed by atoms with E-state index in [1.54, 1.807) is 24.3 Å². The van der Waals surface area contributed by atoms with Crippen LogP contribution < -0.4 is 0 Å². The lowest BCUT2D eigenvalue weighted by molar-refractivity contribution is 0.200. The molecule has 0 spiro atoms. The van der Waals surface area contributed by atoms with Gasteiger partial charge in [0.15, 0.2) is 11.1 Å². The maximum atomic E-state index is 13.9. The summed E-state index contributed by atoms with van der Waals surface area (Å²) in [5.74, 6) is -2.38. The Morgan fingerprint density at radius 1 is 0.844 bits per heavy atom. The monoisotopic (exact) mass is 461 g/mol. The number of allylic oxidation sites excluding steroid dienone is 1. The number of likely N-dealkylation sites (tertiary alicyclic amines) is 1. The average molecular weight is 461 g/mol. The van der Waals surface area contributed by atoms with Gasteiger partial charge in [0.1, 0.15) is 23.3 Å². The molecule has 166 valence electrons. The summed E-state index contributed by atoms with van der Waals surface area (Å²) in [7, 11) is 0. The van der Waals surface area contributed by atoms with Gasteiger partial charge in [-0.1, -0.05) is 24.3 Å². The molecule has 1 unspecified atom stereocenters. The first-order valence-corrected chi connectivity index (χ1v) is 10.9. The van der Waals surface area contributed by atoms with Crippen LogP contribution in [0.3, 0.4) is 0 Å². The highest BCUT2D eigenvalue weighted by atomic mass is 32.2. The number of nitrogens with zero attached hydrogens (tertiary/aromatic N) is 1. The van der Waals surface area contributed by atoms with Crippen LogP contribution in [-0.2, 0) is 17.5 Å². The number of hydrogen-bond acceptors (Lipinski definition) is 2. The van der Waals surface area contributed by atoms with Gasteiger partial charge in [-0.25, -0.2) is 21.8 Å². The molecule has 0 radical (unpaired) electrons. The predicted octanol–water partition coefficient (Wildman–Crippen LogP) is 5.37. The van der Waals surface area contributed by atoms with Crippen LogP contribution in [-0.4, -0.2) is 26.8 Å². The van der Waals surface area contributed by atoms with Gasteiger partial charge in [0, 0.05) is 25.6 Å². The summed E-state index contributed by atoms with van der Waals surface area (Å²) in [4.78, 5) is 2.08. The Hall–Kier alpha value is -2.81. The van der Waals surface area contributed by atoms with E-state index in [-0.39, 0.29) is 30.0 Å². The molecule has 3 nitrogen and oxygen atoms in total. The molecule has 0 aromatic heterocycles.